The molecule has 0 spiro atoms. The SMILES string of the molecule is CCC(C)NC(=O)Cc1cccnc1. The molecule has 0 fully saturated rings. The summed E-state index contributed by atoms with van der Waals surface area (Å²) in [5.41, 5.74) is 0.952. The molecule has 0 aliphatic rings. The molecule has 1 aromatic rings. The first-order chi connectivity index (χ1) is 6.72. The second kappa shape index (κ2) is 5.37. The maximum absolute atomic E-state index is 11.4. The number of carbonyl (C=O) groups excluding carboxylic acids is 1. The molecule has 0 saturated heterocycles. The Kier molecular flexibility index (Phi) is 4.11. The van der Waals surface area contributed by atoms with Gasteiger partial charge in [-0.1, -0.05) is 13.0 Å². The van der Waals surface area contributed by atoms with Crippen molar-refractivity contribution in [3.63, 3.8) is 0 Å². The molecular weight excluding hydrogens is 176 g/mol. The highest BCUT2D eigenvalue weighted by molar-refractivity contribution is 5.78. The minimum absolute atomic E-state index is 0.0624. The third-order valence-corrected chi connectivity index (χ3v) is 2.11. The summed E-state index contributed by atoms with van der Waals surface area (Å²) in [5.74, 6) is 0.0624. The van der Waals surface area contributed by atoms with Gasteiger partial charge < -0.3 is 5.32 Å². The third kappa shape index (κ3) is 3.56. The van der Waals surface area contributed by atoms with Crippen LogP contribution in [0.4, 0.5) is 0 Å². The predicted octanol–water partition coefficient (Wildman–Crippen LogP) is 1.54. The number of amides is 1. The van der Waals surface area contributed by atoms with Crippen LogP contribution in [0.3, 0.4) is 0 Å². The van der Waals surface area contributed by atoms with E-state index in [1.165, 1.54) is 0 Å². The van der Waals surface area contributed by atoms with Crippen molar-refractivity contribution in [2.45, 2.75) is 32.7 Å². The molecule has 1 amide bonds. The number of rotatable bonds is 4. The summed E-state index contributed by atoms with van der Waals surface area (Å²) >= 11 is 0. The zero-order valence-corrected chi connectivity index (χ0v) is 8.66. The Bertz CT molecular complexity index is 285. The van der Waals surface area contributed by atoms with Crippen LogP contribution in [0.2, 0.25) is 0 Å². The lowest BCUT2D eigenvalue weighted by Gasteiger charge is -2.10. The van der Waals surface area contributed by atoms with Crippen LogP contribution in [0, 0.1) is 0 Å². The van der Waals surface area contributed by atoms with Crippen LogP contribution >= 0.6 is 0 Å². The monoisotopic (exact) mass is 192 g/mol. The molecule has 1 unspecified atom stereocenters. The van der Waals surface area contributed by atoms with E-state index < -0.39 is 0 Å². The lowest BCUT2D eigenvalue weighted by molar-refractivity contribution is -0.121. The van der Waals surface area contributed by atoms with Crippen LogP contribution in [-0.4, -0.2) is 16.9 Å². The summed E-state index contributed by atoms with van der Waals surface area (Å²) in [5, 5.41) is 2.91. The summed E-state index contributed by atoms with van der Waals surface area (Å²) in [6.45, 7) is 4.05. The van der Waals surface area contributed by atoms with E-state index >= 15 is 0 Å². The molecular formula is C11H16N2O. The summed E-state index contributed by atoms with van der Waals surface area (Å²) in [6.07, 6.45) is 4.79. The van der Waals surface area contributed by atoms with Crippen molar-refractivity contribution in [1.82, 2.24) is 10.3 Å². The van der Waals surface area contributed by atoms with E-state index in [2.05, 4.69) is 17.2 Å². The van der Waals surface area contributed by atoms with Crippen molar-refractivity contribution in [2.75, 3.05) is 0 Å². The van der Waals surface area contributed by atoms with E-state index in [-0.39, 0.29) is 11.9 Å². The van der Waals surface area contributed by atoms with E-state index in [4.69, 9.17) is 0 Å². The minimum Gasteiger partial charge on any atom is -0.353 e. The van der Waals surface area contributed by atoms with Crippen molar-refractivity contribution >= 4 is 5.91 Å². The van der Waals surface area contributed by atoms with E-state index in [0.29, 0.717) is 6.42 Å². The van der Waals surface area contributed by atoms with E-state index in [1.807, 2.05) is 19.1 Å². The molecule has 14 heavy (non-hydrogen) atoms. The molecule has 0 aromatic carbocycles. The van der Waals surface area contributed by atoms with Gasteiger partial charge in [0.15, 0.2) is 0 Å². The highest BCUT2D eigenvalue weighted by Crippen LogP contribution is 1.97. The van der Waals surface area contributed by atoms with Gasteiger partial charge in [-0.15, -0.1) is 0 Å². The number of pyridine rings is 1. The second-order valence-electron chi connectivity index (χ2n) is 3.41. The van der Waals surface area contributed by atoms with Gasteiger partial charge in [-0.25, -0.2) is 0 Å². The van der Waals surface area contributed by atoms with Crippen molar-refractivity contribution in [3.05, 3.63) is 30.1 Å². The Hall–Kier alpha value is -1.38. The van der Waals surface area contributed by atoms with Gasteiger partial charge in [0, 0.05) is 18.4 Å². The summed E-state index contributed by atoms with van der Waals surface area (Å²) in [6, 6.07) is 3.99. The van der Waals surface area contributed by atoms with Crippen LogP contribution in [0.15, 0.2) is 24.5 Å². The quantitative estimate of drug-likeness (QED) is 0.786. The lowest BCUT2D eigenvalue weighted by atomic mass is 10.2. The maximum atomic E-state index is 11.4. The molecule has 1 N–H and O–H groups in total. The Balaban J connectivity index is 2.42. The Labute approximate surface area is 84.6 Å². The van der Waals surface area contributed by atoms with Crippen LogP contribution in [0.5, 0.6) is 0 Å². The van der Waals surface area contributed by atoms with Gasteiger partial charge in [0.1, 0.15) is 0 Å². The van der Waals surface area contributed by atoms with Gasteiger partial charge in [-0.2, -0.15) is 0 Å². The fourth-order valence-electron chi connectivity index (χ4n) is 1.12. The van der Waals surface area contributed by atoms with Gasteiger partial charge in [-0.05, 0) is 25.0 Å². The Morgan fingerprint density at radius 3 is 3.00 bits per heavy atom. The fraction of sp³-hybridized carbons (Fsp3) is 0.455. The van der Waals surface area contributed by atoms with E-state index in [9.17, 15) is 4.79 Å². The zero-order valence-electron chi connectivity index (χ0n) is 8.66. The zero-order chi connectivity index (χ0) is 10.4. The van der Waals surface area contributed by atoms with Gasteiger partial charge in [-0.3, -0.25) is 9.78 Å². The molecule has 3 nitrogen and oxygen atoms in total. The van der Waals surface area contributed by atoms with E-state index in [0.717, 1.165) is 12.0 Å². The van der Waals surface area contributed by atoms with Crippen LogP contribution in [0.25, 0.3) is 0 Å². The molecule has 3 heteroatoms. The highest BCUT2D eigenvalue weighted by atomic mass is 16.1. The standard InChI is InChI=1S/C11H16N2O/c1-3-9(2)13-11(14)7-10-5-4-6-12-8-10/h4-6,8-9H,3,7H2,1-2H3,(H,13,14). The van der Waals surface area contributed by atoms with Crippen LogP contribution in [-0.2, 0) is 11.2 Å². The highest BCUT2D eigenvalue weighted by Gasteiger charge is 2.05. The summed E-state index contributed by atoms with van der Waals surface area (Å²) in [7, 11) is 0. The Morgan fingerprint density at radius 1 is 1.64 bits per heavy atom. The van der Waals surface area contributed by atoms with Crippen molar-refractivity contribution in [2.24, 2.45) is 0 Å². The van der Waals surface area contributed by atoms with Gasteiger partial charge >= 0.3 is 0 Å². The van der Waals surface area contributed by atoms with Crippen molar-refractivity contribution in [1.29, 1.82) is 0 Å². The topological polar surface area (TPSA) is 42.0 Å². The molecule has 0 aliphatic carbocycles. The smallest absolute Gasteiger partial charge is 0.224 e. The molecule has 0 bridgehead atoms. The number of hydrogen-bond acceptors (Lipinski definition) is 2. The first-order valence-corrected chi connectivity index (χ1v) is 4.90. The predicted molar refractivity (Wildman–Crippen MR) is 55.8 cm³/mol. The summed E-state index contributed by atoms with van der Waals surface area (Å²) < 4.78 is 0. The molecule has 76 valence electrons. The van der Waals surface area contributed by atoms with Gasteiger partial charge in [0.2, 0.25) is 5.91 Å². The maximum Gasteiger partial charge on any atom is 0.224 e. The minimum atomic E-state index is 0.0624. The van der Waals surface area contributed by atoms with Crippen molar-refractivity contribution < 1.29 is 4.79 Å². The Morgan fingerprint density at radius 2 is 2.43 bits per heavy atom. The number of hydrogen-bond donors (Lipinski definition) is 1. The van der Waals surface area contributed by atoms with Gasteiger partial charge in [0.05, 0.1) is 6.42 Å². The van der Waals surface area contributed by atoms with Crippen LogP contribution in [0.1, 0.15) is 25.8 Å². The van der Waals surface area contributed by atoms with E-state index in [1.54, 1.807) is 12.4 Å². The lowest BCUT2D eigenvalue weighted by Crippen LogP contribution is -2.33. The molecule has 1 rings (SSSR count). The van der Waals surface area contributed by atoms with Gasteiger partial charge in [0.25, 0.3) is 0 Å². The average Bonchev–Trinajstić information content (AvgIpc) is 2.19. The van der Waals surface area contributed by atoms with Crippen LogP contribution < -0.4 is 5.32 Å². The fourth-order valence-corrected chi connectivity index (χ4v) is 1.12. The second-order valence-corrected chi connectivity index (χ2v) is 3.41. The molecule has 1 heterocycles. The number of carbonyl (C=O) groups is 1. The first kappa shape index (κ1) is 10.7. The first-order valence-electron chi connectivity index (χ1n) is 4.90. The number of nitrogens with zero attached hydrogens (tertiary/aromatic N) is 1. The number of nitrogens with one attached hydrogen (secondary N) is 1. The molecule has 0 saturated carbocycles. The average molecular weight is 192 g/mol. The summed E-state index contributed by atoms with van der Waals surface area (Å²) in [4.78, 5) is 15.4. The molecule has 0 aliphatic heterocycles. The third-order valence-electron chi connectivity index (χ3n) is 2.11. The molecule has 1 atom stereocenters. The van der Waals surface area contributed by atoms with Crippen molar-refractivity contribution in [3.8, 4) is 0 Å². The largest absolute Gasteiger partial charge is 0.353 e. The number of aromatic nitrogens is 1. The molecule has 0 radical (unpaired) electrons. The normalized spacial score (nSPS) is 12.1. The molecule has 1 aromatic heterocycles.